The largest absolute Gasteiger partial charge is 0.575 e. The van der Waals surface area contributed by atoms with Crippen molar-refractivity contribution < 1.29 is 19.3 Å². The second-order valence-corrected chi connectivity index (χ2v) is 3.66. The number of carboxylic acid groups (broad SMARTS) is 1. The molecule has 0 aromatic heterocycles. The van der Waals surface area contributed by atoms with Crippen LogP contribution in [0.4, 0.5) is 0 Å². The molecule has 0 amide bonds. The van der Waals surface area contributed by atoms with Gasteiger partial charge in [-0.25, -0.2) is 4.79 Å². The zero-order chi connectivity index (χ0) is 11.3. The van der Waals surface area contributed by atoms with E-state index in [0.29, 0.717) is 5.75 Å². The van der Waals surface area contributed by atoms with E-state index < -0.39 is 20.2 Å². The number of benzene rings is 1. The molecule has 0 fully saturated rings. The molecule has 1 aromatic carbocycles. The number of hydrogen-bond acceptors (Lipinski definition) is 4. The lowest BCUT2D eigenvalue weighted by Gasteiger charge is -1.99. The molecule has 1 aromatic rings. The van der Waals surface area contributed by atoms with Crippen molar-refractivity contribution in [1.29, 1.82) is 0 Å². The van der Waals surface area contributed by atoms with Gasteiger partial charge in [-0.15, -0.1) is 0 Å². The Morgan fingerprint density at radius 2 is 2.13 bits per heavy atom. The van der Waals surface area contributed by atoms with Gasteiger partial charge in [0, 0.05) is 0 Å². The van der Waals surface area contributed by atoms with Crippen LogP contribution < -0.4 is 9.42 Å². The maximum absolute atomic E-state index is 11.2. The summed E-state index contributed by atoms with van der Waals surface area (Å²) >= 11 is 0. The van der Waals surface area contributed by atoms with Gasteiger partial charge in [0.25, 0.3) is 0 Å². The van der Waals surface area contributed by atoms with Gasteiger partial charge < -0.3 is 10.00 Å². The molecular formula is C9H10NO4P. The molecule has 15 heavy (non-hydrogen) atoms. The zero-order valence-electron chi connectivity index (χ0n) is 8.03. The van der Waals surface area contributed by atoms with Crippen molar-refractivity contribution in [3.63, 3.8) is 0 Å². The van der Waals surface area contributed by atoms with Crippen molar-refractivity contribution in [3.05, 3.63) is 30.3 Å². The Morgan fingerprint density at radius 1 is 1.53 bits per heavy atom. The molecule has 0 saturated heterocycles. The van der Waals surface area contributed by atoms with Crippen molar-refractivity contribution in [2.24, 2.45) is 4.74 Å². The highest BCUT2D eigenvalue weighted by Gasteiger charge is 2.14. The fraction of sp³-hybridized carbons (Fsp3) is 0.222. The lowest BCUT2D eigenvalue weighted by molar-refractivity contribution is -0.169. The van der Waals surface area contributed by atoms with Crippen molar-refractivity contribution in [2.45, 2.75) is 13.0 Å². The summed E-state index contributed by atoms with van der Waals surface area (Å²) in [6, 6.07) is 7.44. The molecule has 0 heterocycles. The summed E-state index contributed by atoms with van der Waals surface area (Å²) in [5.74, 6) is -0.727. The van der Waals surface area contributed by atoms with Crippen molar-refractivity contribution in [3.8, 4) is 5.75 Å². The molecule has 0 saturated carbocycles. The van der Waals surface area contributed by atoms with Crippen LogP contribution >= 0.6 is 8.17 Å². The summed E-state index contributed by atoms with van der Waals surface area (Å²) in [5.41, 5.74) is 0. The van der Waals surface area contributed by atoms with Gasteiger partial charge in [0.15, 0.2) is 11.8 Å². The first-order chi connectivity index (χ1) is 7.09. The molecule has 6 heteroatoms. The molecular weight excluding hydrogens is 217 g/mol. The average molecular weight is 227 g/mol. The number of aliphatic carboxylic acids is 1. The molecule has 80 valence electrons. The van der Waals surface area contributed by atoms with Crippen LogP contribution in [0.2, 0.25) is 0 Å². The standard InChI is InChI=1S/C9H10NO4P/c1-7(9(11)12)10-15(13)14-8-5-3-2-4-6-8/h2-7H,1H3,(H,11,12)/t7-/m0/s1. The molecule has 2 atom stereocenters. The van der Waals surface area contributed by atoms with Gasteiger partial charge >= 0.3 is 14.1 Å². The maximum Gasteiger partial charge on any atom is 0.395 e. The third-order valence-corrected chi connectivity index (χ3v) is 2.45. The fourth-order valence-electron chi connectivity index (χ4n) is 0.786. The van der Waals surface area contributed by atoms with Crippen LogP contribution in [-0.2, 0) is 4.79 Å². The van der Waals surface area contributed by atoms with E-state index in [2.05, 4.69) is 4.74 Å². The first-order valence-electron chi connectivity index (χ1n) is 4.23. The predicted octanol–water partition coefficient (Wildman–Crippen LogP) is 1.39. The average Bonchev–Trinajstić information content (AvgIpc) is 2.18. The lowest BCUT2D eigenvalue weighted by atomic mass is 10.3. The summed E-state index contributed by atoms with van der Waals surface area (Å²) in [6.07, 6.45) is 0. The van der Waals surface area contributed by atoms with E-state index in [4.69, 9.17) is 9.63 Å². The van der Waals surface area contributed by atoms with Crippen LogP contribution in [0, 0.1) is 0 Å². The Bertz CT molecular complexity index is 366. The summed E-state index contributed by atoms with van der Waals surface area (Å²) in [5, 5.41) is 8.52. The summed E-state index contributed by atoms with van der Waals surface area (Å²) < 4.78 is 8.37. The molecule has 0 aliphatic rings. The lowest BCUT2D eigenvalue weighted by Crippen LogP contribution is -2.13. The Hall–Kier alpha value is -1.45. The summed E-state index contributed by atoms with van der Waals surface area (Å²) in [4.78, 5) is 21.6. The number of rotatable bonds is 4. The van der Waals surface area contributed by atoms with Gasteiger partial charge in [-0.05, 0) is 19.1 Å². The Labute approximate surface area is 88.0 Å². The van der Waals surface area contributed by atoms with E-state index in [1.807, 2.05) is 0 Å². The molecule has 5 nitrogen and oxygen atoms in total. The van der Waals surface area contributed by atoms with E-state index >= 15 is 0 Å². The molecule has 1 rings (SSSR count). The molecule has 1 unspecified atom stereocenters. The van der Waals surface area contributed by atoms with Crippen LogP contribution in [0.15, 0.2) is 35.1 Å². The number of carbonyl (C=O) groups is 1. The minimum absolute atomic E-state index is 0.403. The van der Waals surface area contributed by atoms with Gasteiger partial charge in [-0.1, -0.05) is 22.9 Å². The zero-order valence-corrected chi connectivity index (χ0v) is 8.92. The van der Waals surface area contributed by atoms with Crippen LogP contribution in [0.1, 0.15) is 6.92 Å². The van der Waals surface area contributed by atoms with Gasteiger partial charge in [-0.3, -0.25) is 4.52 Å². The number of nitrogens with zero attached hydrogens (tertiary/aromatic N) is 1. The second-order valence-electron chi connectivity index (χ2n) is 2.77. The molecule has 0 radical (unpaired) electrons. The highest BCUT2D eigenvalue weighted by molar-refractivity contribution is 7.34. The third-order valence-electron chi connectivity index (χ3n) is 1.55. The minimum Gasteiger partial charge on any atom is -0.575 e. The van der Waals surface area contributed by atoms with E-state index in [-0.39, 0.29) is 0 Å². The number of hydrogen-bond donors (Lipinski definition) is 1. The summed E-state index contributed by atoms with van der Waals surface area (Å²) in [6.45, 7) is 1.34. The highest BCUT2D eigenvalue weighted by atomic mass is 31.1. The van der Waals surface area contributed by atoms with E-state index in [9.17, 15) is 9.69 Å². The van der Waals surface area contributed by atoms with Gasteiger partial charge in [-0.2, -0.15) is 0 Å². The first kappa shape index (κ1) is 11.6. The van der Waals surface area contributed by atoms with Crippen molar-refractivity contribution >= 4 is 14.1 Å². The smallest absolute Gasteiger partial charge is 0.395 e. The number of carboxylic acids is 1. The Kier molecular flexibility index (Phi) is 4.21. The van der Waals surface area contributed by atoms with Crippen molar-refractivity contribution in [2.75, 3.05) is 0 Å². The van der Waals surface area contributed by atoms with E-state index in [0.717, 1.165) is 0 Å². The third kappa shape index (κ3) is 4.06. The quantitative estimate of drug-likeness (QED) is 0.788. The second kappa shape index (κ2) is 5.44. The predicted molar refractivity (Wildman–Crippen MR) is 53.5 cm³/mol. The van der Waals surface area contributed by atoms with E-state index in [1.165, 1.54) is 6.92 Å². The number of para-hydroxylation sites is 1. The molecule has 0 spiro atoms. The molecule has 0 bridgehead atoms. The van der Waals surface area contributed by atoms with E-state index in [1.54, 1.807) is 30.3 Å². The van der Waals surface area contributed by atoms with Gasteiger partial charge in [0.05, 0.1) is 0 Å². The molecule has 0 aliphatic carbocycles. The SMILES string of the molecule is C[C@H](N=[P+]([O-])Oc1ccccc1)C(=O)O. The Balaban J connectivity index is 2.63. The topological polar surface area (TPSA) is 82.0 Å². The molecule has 1 N–H and O–H groups in total. The van der Waals surface area contributed by atoms with Gasteiger partial charge in [0.1, 0.15) is 0 Å². The highest BCUT2D eigenvalue weighted by Crippen LogP contribution is 2.23. The van der Waals surface area contributed by atoms with Crippen LogP contribution in [-0.4, -0.2) is 17.1 Å². The monoisotopic (exact) mass is 227 g/mol. The maximum atomic E-state index is 11.2. The first-order valence-corrected chi connectivity index (χ1v) is 5.36. The molecule has 0 aliphatic heterocycles. The van der Waals surface area contributed by atoms with Crippen molar-refractivity contribution in [1.82, 2.24) is 0 Å². The minimum atomic E-state index is -2.33. The summed E-state index contributed by atoms with van der Waals surface area (Å²) in [7, 11) is -2.33. The van der Waals surface area contributed by atoms with Crippen LogP contribution in [0.25, 0.3) is 0 Å². The van der Waals surface area contributed by atoms with Crippen LogP contribution in [0.5, 0.6) is 5.75 Å². The van der Waals surface area contributed by atoms with Gasteiger partial charge in [0.2, 0.25) is 0 Å². The van der Waals surface area contributed by atoms with Crippen LogP contribution in [0.3, 0.4) is 0 Å². The fourth-order valence-corrected chi connectivity index (χ4v) is 1.52. The Morgan fingerprint density at radius 3 is 2.67 bits per heavy atom. The normalized spacial score (nSPS) is 13.3.